The second-order valence-corrected chi connectivity index (χ2v) is 8.27. The quantitative estimate of drug-likeness (QED) is 0.773. The van der Waals surface area contributed by atoms with Gasteiger partial charge >= 0.3 is 0 Å². The number of nitrogens with zero attached hydrogens (tertiary/aromatic N) is 5. The lowest BCUT2D eigenvalue weighted by atomic mass is 9.75. The van der Waals surface area contributed by atoms with Gasteiger partial charge in [-0.25, -0.2) is 0 Å². The van der Waals surface area contributed by atoms with Crippen molar-refractivity contribution in [2.75, 3.05) is 18.8 Å². The molecule has 2 fully saturated rings. The predicted octanol–water partition coefficient (Wildman–Crippen LogP) is 3.01. The molecule has 4 rings (SSSR count). The zero-order valence-corrected chi connectivity index (χ0v) is 16.0. The Bertz CT molecular complexity index is 763. The molecule has 2 aromatic heterocycles. The average molecular weight is 372 g/mol. The molecule has 1 amide bonds. The van der Waals surface area contributed by atoms with Crippen LogP contribution in [0.15, 0.2) is 29.7 Å². The van der Waals surface area contributed by atoms with Crippen LogP contribution in [-0.2, 0) is 11.8 Å². The van der Waals surface area contributed by atoms with Gasteiger partial charge < -0.3 is 9.47 Å². The van der Waals surface area contributed by atoms with Gasteiger partial charge in [0.05, 0.1) is 5.75 Å². The lowest BCUT2D eigenvalue weighted by molar-refractivity contribution is -0.131. The normalized spacial score (nSPS) is 22.9. The molecule has 0 aromatic carbocycles. The van der Waals surface area contributed by atoms with Crippen molar-refractivity contribution in [2.45, 2.75) is 37.3 Å². The van der Waals surface area contributed by atoms with Gasteiger partial charge in [0.25, 0.3) is 0 Å². The SMILES string of the molecule is Cn1c(SCC(=O)N2CC[C@@H]3CCCC[C@@H]3C2)nnc1-c1ccncc1. The molecule has 1 saturated carbocycles. The summed E-state index contributed by atoms with van der Waals surface area (Å²) in [6.45, 7) is 1.87. The molecule has 3 heterocycles. The van der Waals surface area contributed by atoms with Crippen LogP contribution in [0.25, 0.3) is 11.4 Å². The average Bonchev–Trinajstić information content (AvgIpc) is 3.07. The van der Waals surface area contributed by atoms with Crippen molar-refractivity contribution in [3.8, 4) is 11.4 Å². The zero-order valence-electron chi connectivity index (χ0n) is 15.2. The first kappa shape index (κ1) is 17.5. The van der Waals surface area contributed by atoms with E-state index in [2.05, 4.69) is 20.1 Å². The monoisotopic (exact) mass is 371 g/mol. The molecule has 138 valence electrons. The molecule has 7 heteroatoms. The van der Waals surface area contributed by atoms with E-state index < -0.39 is 0 Å². The third-order valence-electron chi connectivity index (χ3n) is 5.74. The molecule has 0 radical (unpaired) electrons. The van der Waals surface area contributed by atoms with Crippen molar-refractivity contribution in [3.63, 3.8) is 0 Å². The largest absolute Gasteiger partial charge is 0.342 e. The summed E-state index contributed by atoms with van der Waals surface area (Å²) >= 11 is 1.48. The maximum atomic E-state index is 12.7. The highest BCUT2D eigenvalue weighted by atomic mass is 32.2. The van der Waals surface area contributed by atoms with E-state index in [0.29, 0.717) is 5.75 Å². The van der Waals surface area contributed by atoms with Gasteiger partial charge in [0.1, 0.15) is 0 Å². The molecule has 0 bridgehead atoms. The topological polar surface area (TPSA) is 63.9 Å². The van der Waals surface area contributed by atoms with Crippen LogP contribution >= 0.6 is 11.8 Å². The molecular weight excluding hydrogens is 346 g/mol. The van der Waals surface area contributed by atoms with Crippen LogP contribution in [-0.4, -0.2) is 49.4 Å². The van der Waals surface area contributed by atoms with E-state index in [1.165, 1.54) is 43.9 Å². The van der Waals surface area contributed by atoms with Crippen molar-refractivity contribution in [3.05, 3.63) is 24.5 Å². The Morgan fingerprint density at radius 2 is 1.92 bits per heavy atom. The van der Waals surface area contributed by atoms with Gasteiger partial charge in [0, 0.05) is 38.1 Å². The molecule has 1 aliphatic carbocycles. The molecule has 2 atom stereocenters. The van der Waals surface area contributed by atoms with E-state index in [1.54, 1.807) is 12.4 Å². The number of carbonyl (C=O) groups excluding carboxylic acids is 1. The summed E-state index contributed by atoms with van der Waals surface area (Å²) in [7, 11) is 1.94. The van der Waals surface area contributed by atoms with E-state index >= 15 is 0 Å². The van der Waals surface area contributed by atoms with Gasteiger partial charge in [-0.05, 0) is 36.8 Å². The maximum Gasteiger partial charge on any atom is 0.233 e. The summed E-state index contributed by atoms with van der Waals surface area (Å²) in [5.74, 6) is 3.03. The third-order valence-corrected chi connectivity index (χ3v) is 6.75. The van der Waals surface area contributed by atoms with Crippen molar-refractivity contribution in [2.24, 2.45) is 18.9 Å². The Morgan fingerprint density at radius 1 is 1.15 bits per heavy atom. The molecule has 6 nitrogen and oxygen atoms in total. The van der Waals surface area contributed by atoms with Crippen LogP contribution in [0.1, 0.15) is 32.1 Å². The number of thioether (sulfide) groups is 1. The fourth-order valence-corrected chi connectivity index (χ4v) is 5.05. The summed E-state index contributed by atoms with van der Waals surface area (Å²) in [5, 5.41) is 9.31. The number of pyridine rings is 1. The van der Waals surface area contributed by atoms with Gasteiger partial charge in [0.2, 0.25) is 5.91 Å². The summed E-state index contributed by atoms with van der Waals surface area (Å²) in [4.78, 5) is 18.8. The first-order chi connectivity index (χ1) is 12.7. The second kappa shape index (κ2) is 7.78. The number of amides is 1. The summed E-state index contributed by atoms with van der Waals surface area (Å²) in [6, 6.07) is 3.83. The Morgan fingerprint density at radius 3 is 2.73 bits per heavy atom. The zero-order chi connectivity index (χ0) is 17.9. The van der Waals surface area contributed by atoms with Crippen LogP contribution in [0.5, 0.6) is 0 Å². The molecule has 0 N–H and O–H groups in total. The number of hydrogen-bond acceptors (Lipinski definition) is 5. The highest BCUT2D eigenvalue weighted by Crippen LogP contribution is 2.36. The van der Waals surface area contributed by atoms with E-state index in [9.17, 15) is 4.79 Å². The fourth-order valence-electron chi connectivity index (χ4n) is 4.24. The first-order valence-corrected chi connectivity index (χ1v) is 10.4. The summed E-state index contributed by atoms with van der Waals surface area (Å²) in [5.41, 5.74) is 0.979. The number of fused-ring (bicyclic) bond motifs is 1. The van der Waals surface area contributed by atoms with Crippen molar-refractivity contribution in [1.29, 1.82) is 0 Å². The predicted molar refractivity (Wildman–Crippen MR) is 102 cm³/mol. The Kier molecular flexibility index (Phi) is 5.24. The maximum absolute atomic E-state index is 12.7. The molecule has 2 aromatic rings. The fraction of sp³-hybridized carbons (Fsp3) is 0.579. The lowest BCUT2D eigenvalue weighted by Gasteiger charge is -2.41. The highest BCUT2D eigenvalue weighted by Gasteiger charge is 2.32. The lowest BCUT2D eigenvalue weighted by Crippen LogP contribution is -2.45. The van der Waals surface area contributed by atoms with Crippen LogP contribution < -0.4 is 0 Å². The smallest absolute Gasteiger partial charge is 0.233 e. The van der Waals surface area contributed by atoms with Gasteiger partial charge in [-0.2, -0.15) is 0 Å². The number of piperidine rings is 1. The van der Waals surface area contributed by atoms with Gasteiger partial charge in [0.15, 0.2) is 11.0 Å². The standard InChI is InChI=1S/C19H25N5OS/c1-23-18(15-6-9-20-10-7-15)21-22-19(23)26-13-17(25)24-11-8-14-4-2-3-5-16(14)12-24/h6-7,9-10,14,16H,2-5,8,11-13H2,1H3/t14-,16+/m0/s1. The third kappa shape index (κ3) is 3.63. The van der Waals surface area contributed by atoms with E-state index in [1.807, 2.05) is 23.7 Å². The molecular formula is C19H25N5OS. The van der Waals surface area contributed by atoms with Crippen molar-refractivity contribution < 1.29 is 4.79 Å². The van der Waals surface area contributed by atoms with Crippen LogP contribution in [0.3, 0.4) is 0 Å². The van der Waals surface area contributed by atoms with Crippen molar-refractivity contribution in [1.82, 2.24) is 24.6 Å². The van der Waals surface area contributed by atoms with E-state index in [-0.39, 0.29) is 5.91 Å². The number of rotatable bonds is 4. The molecule has 1 aliphatic heterocycles. The molecule has 0 unspecified atom stereocenters. The minimum absolute atomic E-state index is 0.229. The first-order valence-electron chi connectivity index (χ1n) is 9.42. The summed E-state index contributed by atoms with van der Waals surface area (Å²) in [6.07, 6.45) is 10.0. The van der Waals surface area contributed by atoms with Crippen LogP contribution in [0.4, 0.5) is 0 Å². The number of carbonyl (C=O) groups is 1. The molecule has 0 spiro atoms. The highest BCUT2D eigenvalue weighted by molar-refractivity contribution is 7.99. The van der Waals surface area contributed by atoms with Gasteiger partial charge in [-0.15, -0.1) is 10.2 Å². The minimum Gasteiger partial charge on any atom is -0.342 e. The second-order valence-electron chi connectivity index (χ2n) is 7.32. The Labute approximate surface area is 158 Å². The van der Waals surface area contributed by atoms with Gasteiger partial charge in [-0.1, -0.05) is 31.0 Å². The molecule has 1 saturated heterocycles. The summed E-state index contributed by atoms with van der Waals surface area (Å²) < 4.78 is 1.95. The van der Waals surface area contributed by atoms with Crippen LogP contribution in [0.2, 0.25) is 0 Å². The minimum atomic E-state index is 0.229. The van der Waals surface area contributed by atoms with E-state index in [4.69, 9.17) is 0 Å². The Balaban J connectivity index is 1.36. The van der Waals surface area contributed by atoms with Crippen molar-refractivity contribution >= 4 is 17.7 Å². The van der Waals surface area contributed by atoms with Crippen LogP contribution in [0, 0.1) is 11.8 Å². The number of hydrogen-bond donors (Lipinski definition) is 0. The van der Waals surface area contributed by atoms with Gasteiger partial charge in [-0.3, -0.25) is 9.78 Å². The van der Waals surface area contributed by atoms with E-state index in [0.717, 1.165) is 41.5 Å². The number of aromatic nitrogens is 4. The number of likely N-dealkylation sites (tertiary alicyclic amines) is 1. The Hall–Kier alpha value is -1.89. The molecule has 2 aliphatic rings. The molecule has 26 heavy (non-hydrogen) atoms.